The molecule has 2 aliphatic heterocycles. The summed E-state index contributed by atoms with van der Waals surface area (Å²) in [5.74, 6) is 0.186. The predicted molar refractivity (Wildman–Crippen MR) is 111 cm³/mol. The molecule has 1 aromatic carbocycles. The number of carbonyl (C=O) groups is 2. The molecule has 1 aromatic heterocycles. The van der Waals surface area contributed by atoms with Crippen molar-refractivity contribution in [2.45, 2.75) is 19.5 Å². The monoisotopic (exact) mass is 413 g/mol. The van der Waals surface area contributed by atoms with Gasteiger partial charge in [0.25, 0.3) is 11.8 Å². The first-order chi connectivity index (χ1) is 14.5. The van der Waals surface area contributed by atoms with Gasteiger partial charge in [0.2, 0.25) is 0 Å². The lowest BCUT2D eigenvalue weighted by Crippen LogP contribution is -2.48. The van der Waals surface area contributed by atoms with Crippen molar-refractivity contribution in [3.05, 3.63) is 35.7 Å². The van der Waals surface area contributed by atoms with E-state index in [1.165, 1.54) is 10.4 Å². The highest BCUT2D eigenvalue weighted by molar-refractivity contribution is 6.05. The van der Waals surface area contributed by atoms with Crippen molar-refractivity contribution in [3.63, 3.8) is 0 Å². The maximum atomic E-state index is 12.5. The van der Waals surface area contributed by atoms with Crippen molar-refractivity contribution in [2.75, 3.05) is 51.3 Å². The number of anilines is 1. The third-order valence-electron chi connectivity index (χ3n) is 5.51. The van der Waals surface area contributed by atoms with E-state index in [0.29, 0.717) is 13.1 Å². The SMILES string of the molecule is COc1ccc(N2CCN(CCNC(=O)c3nnn4c3C(=O)N[C@@H](C)C4)CC2)cc1. The van der Waals surface area contributed by atoms with Gasteiger partial charge in [-0.25, -0.2) is 4.68 Å². The number of nitrogens with one attached hydrogen (secondary N) is 2. The number of hydrogen-bond acceptors (Lipinski definition) is 7. The number of carbonyl (C=O) groups excluding carboxylic acids is 2. The molecule has 30 heavy (non-hydrogen) atoms. The van der Waals surface area contributed by atoms with Gasteiger partial charge in [-0.1, -0.05) is 5.21 Å². The molecule has 2 aromatic rings. The van der Waals surface area contributed by atoms with Crippen LogP contribution in [0, 0.1) is 0 Å². The third kappa shape index (κ3) is 4.23. The van der Waals surface area contributed by atoms with Gasteiger partial charge in [0.05, 0.1) is 13.7 Å². The first-order valence-corrected chi connectivity index (χ1v) is 10.2. The Bertz CT molecular complexity index is 904. The molecule has 10 nitrogen and oxygen atoms in total. The van der Waals surface area contributed by atoms with Crippen LogP contribution in [0.3, 0.4) is 0 Å². The minimum absolute atomic E-state index is 0.0285. The Hall–Kier alpha value is -3.14. The van der Waals surface area contributed by atoms with Crippen LogP contribution < -0.4 is 20.3 Å². The Morgan fingerprint density at radius 3 is 2.67 bits per heavy atom. The summed E-state index contributed by atoms with van der Waals surface area (Å²) in [7, 11) is 1.67. The zero-order valence-electron chi connectivity index (χ0n) is 17.3. The van der Waals surface area contributed by atoms with Crippen molar-refractivity contribution in [1.82, 2.24) is 30.5 Å². The molecule has 4 rings (SSSR count). The van der Waals surface area contributed by atoms with Crippen LogP contribution in [-0.4, -0.2) is 84.1 Å². The molecule has 3 heterocycles. The van der Waals surface area contributed by atoms with Crippen molar-refractivity contribution >= 4 is 17.5 Å². The number of aromatic nitrogens is 3. The highest BCUT2D eigenvalue weighted by atomic mass is 16.5. The molecule has 0 spiro atoms. The van der Waals surface area contributed by atoms with Crippen LogP contribution in [0.25, 0.3) is 0 Å². The largest absolute Gasteiger partial charge is 0.497 e. The average Bonchev–Trinajstić information content (AvgIpc) is 3.18. The number of rotatable bonds is 6. The molecule has 1 fully saturated rings. The van der Waals surface area contributed by atoms with Crippen molar-refractivity contribution in [2.24, 2.45) is 0 Å². The maximum absolute atomic E-state index is 12.5. The van der Waals surface area contributed by atoms with E-state index in [2.05, 4.69) is 42.9 Å². The van der Waals surface area contributed by atoms with Gasteiger partial charge in [-0.05, 0) is 31.2 Å². The standard InChI is InChI=1S/C20H27N7O3/c1-14-13-27-18(20(29)22-14)17(23-24-27)19(28)21-7-8-25-9-11-26(12-10-25)15-3-5-16(30-2)6-4-15/h3-6,14H,7-13H2,1-2H3,(H,21,28)(H,22,29)/t14-/m0/s1. The normalized spacial score (nSPS) is 19.2. The molecule has 160 valence electrons. The summed E-state index contributed by atoms with van der Waals surface area (Å²) in [5.41, 5.74) is 1.51. The lowest BCUT2D eigenvalue weighted by atomic mass is 10.2. The molecule has 10 heteroatoms. The minimum Gasteiger partial charge on any atom is -0.497 e. The summed E-state index contributed by atoms with van der Waals surface area (Å²) in [4.78, 5) is 29.3. The van der Waals surface area contributed by atoms with Gasteiger partial charge in [0.1, 0.15) is 5.75 Å². The van der Waals surface area contributed by atoms with Gasteiger partial charge in [0, 0.05) is 51.0 Å². The fourth-order valence-electron chi connectivity index (χ4n) is 3.85. The fourth-order valence-corrected chi connectivity index (χ4v) is 3.85. The molecule has 0 bridgehead atoms. The van der Waals surface area contributed by atoms with E-state index in [9.17, 15) is 9.59 Å². The number of hydrogen-bond donors (Lipinski definition) is 2. The van der Waals surface area contributed by atoms with Gasteiger partial charge < -0.3 is 20.3 Å². The zero-order chi connectivity index (χ0) is 21.1. The first-order valence-electron chi connectivity index (χ1n) is 10.2. The highest BCUT2D eigenvalue weighted by Gasteiger charge is 2.30. The summed E-state index contributed by atoms with van der Waals surface area (Å²) in [6.07, 6.45) is 0. The van der Waals surface area contributed by atoms with Gasteiger partial charge in [0.15, 0.2) is 11.4 Å². The topological polar surface area (TPSA) is 105 Å². The smallest absolute Gasteiger partial charge is 0.274 e. The second-order valence-corrected chi connectivity index (χ2v) is 7.63. The fraction of sp³-hybridized carbons (Fsp3) is 0.500. The molecule has 2 N–H and O–H groups in total. The summed E-state index contributed by atoms with van der Waals surface area (Å²) < 4.78 is 6.71. The third-order valence-corrected chi connectivity index (χ3v) is 5.51. The number of ether oxygens (including phenoxy) is 1. The Morgan fingerprint density at radius 2 is 1.97 bits per heavy atom. The molecule has 2 aliphatic rings. The zero-order valence-corrected chi connectivity index (χ0v) is 17.3. The number of benzene rings is 1. The molecule has 2 amide bonds. The number of fused-ring (bicyclic) bond motifs is 1. The Kier molecular flexibility index (Phi) is 5.84. The molecule has 0 radical (unpaired) electrons. The van der Waals surface area contributed by atoms with E-state index in [1.807, 2.05) is 19.1 Å². The van der Waals surface area contributed by atoms with Gasteiger partial charge in [-0.2, -0.15) is 0 Å². The van der Waals surface area contributed by atoms with Crippen LogP contribution in [0.4, 0.5) is 5.69 Å². The van der Waals surface area contributed by atoms with Crippen molar-refractivity contribution < 1.29 is 14.3 Å². The lowest BCUT2D eigenvalue weighted by Gasteiger charge is -2.36. The van der Waals surface area contributed by atoms with E-state index >= 15 is 0 Å². The molecule has 1 saturated heterocycles. The molecule has 0 unspecified atom stereocenters. The predicted octanol–water partition coefficient (Wildman–Crippen LogP) is -0.0294. The summed E-state index contributed by atoms with van der Waals surface area (Å²) in [6, 6.07) is 8.07. The van der Waals surface area contributed by atoms with Crippen molar-refractivity contribution in [3.8, 4) is 5.75 Å². The second kappa shape index (κ2) is 8.70. The number of methoxy groups -OCH3 is 1. The van der Waals surface area contributed by atoms with Crippen LogP contribution in [0.5, 0.6) is 5.75 Å². The number of piperazine rings is 1. The van der Waals surface area contributed by atoms with Crippen LogP contribution in [0.15, 0.2) is 24.3 Å². The Morgan fingerprint density at radius 1 is 1.23 bits per heavy atom. The molecule has 0 saturated carbocycles. The first kappa shape index (κ1) is 20.1. The van der Waals surface area contributed by atoms with Crippen molar-refractivity contribution in [1.29, 1.82) is 0 Å². The Balaban J connectivity index is 1.24. The lowest BCUT2D eigenvalue weighted by molar-refractivity contribution is 0.0879. The second-order valence-electron chi connectivity index (χ2n) is 7.63. The average molecular weight is 413 g/mol. The Labute approximate surface area is 175 Å². The van der Waals surface area contributed by atoms with Gasteiger partial charge in [-0.3, -0.25) is 14.5 Å². The molecule has 1 atom stereocenters. The van der Waals surface area contributed by atoms with Crippen LogP contribution in [0.1, 0.15) is 27.9 Å². The summed E-state index contributed by atoms with van der Waals surface area (Å²) >= 11 is 0. The van der Waals surface area contributed by atoms with Crippen LogP contribution in [0.2, 0.25) is 0 Å². The van der Waals surface area contributed by atoms with E-state index in [4.69, 9.17) is 4.74 Å². The highest BCUT2D eigenvalue weighted by Crippen LogP contribution is 2.20. The quantitative estimate of drug-likeness (QED) is 0.685. The molecular formula is C20H27N7O3. The maximum Gasteiger partial charge on any atom is 0.274 e. The molecule has 0 aliphatic carbocycles. The number of nitrogens with zero attached hydrogens (tertiary/aromatic N) is 5. The van der Waals surface area contributed by atoms with Gasteiger partial charge in [-0.15, -0.1) is 5.10 Å². The van der Waals surface area contributed by atoms with Crippen LogP contribution >= 0.6 is 0 Å². The van der Waals surface area contributed by atoms with E-state index < -0.39 is 0 Å². The minimum atomic E-state index is -0.363. The van der Waals surface area contributed by atoms with Gasteiger partial charge >= 0.3 is 0 Å². The van der Waals surface area contributed by atoms with E-state index in [-0.39, 0.29) is 29.2 Å². The number of amides is 2. The van der Waals surface area contributed by atoms with Crippen LogP contribution in [-0.2, 0) is 6.54 Å². The summed E-state index contributed by atoms with van der Waals surface area (Å²) in [5, 5.41) is 13.5. The summed E-state index contributed by atoms with van der Waals surface area (Å²) in [6.45, 7) is 7.33. The van der Waals surface area contributed by atoms with E-state index in [0.717, 1.165) is 38.5 Å². The van der Waals surface area contributed by atoms with E-state index in [1.54, 1.807) is 7.11 Å². The molecular weight excluding hydrogens is 386 g/mol.